The average Bonchev–Trinajstić information content (AvgIpc) is 2.47. The van der Waals surface area contributed by atoms with Gasteiger partial charge in [-0.25, -0.2) is 0 Å². The van der Waals surface area contributed by atoms with Crippen molar-refractivity contribution in [1.29, 1.82) is 0 Å². The van der Waals surface area contributed by atoms with Crippen molar-refractivity contribution < 1.29 is 9.53 Å². The number of ether oxygens (including phenoxy) is 1. The van der Waals surface area contributed by atoms with Gasteiger partial charge in [-0.05, 0) is 35.2 Å². The topological polar surface area (TPSA) is 26.3 Å². The van der Waals surface area contributed by atoms with Gasteiger partial charge < -0.3 is 4.74 Å². The van der Waals surface area contributed by atoms with E-state index in [9.17, 15) is 4.79 Å². The van der Waals surface area contributed by atoms with Gasteiger partial charge in [0.25, 0.3) is 0 Å². The largest absolute Gasteiger partial charge is 0.373 e. The highest BCUT2D eigenvalue weighted by molar-refractivity contribution is 6.30. The Morgan fingerprint density at radius 1 is 1.19 bits per heavy atom. The van der Waals surface area contributed by atoms with Crippen LogP contribution in [0.4, 0.5) is 0 Å². The summed E-state index contributed by atoms with van der Waals surface area (Å²) >= 11 is 5.95. The second kappa shape index (κ2) is 6.42. The molecule has 1 atom stereocenters. The summed E-state index contributed by atoms with van der Waals surface area (Å²) in [5.74, 6) is 0.180. The molecule has 1 heterocycles. The van der Waals surface area contributed by atoms with Crippen LogP contribution in [0.15, 0.2) is 48.5 Å². The first-order valence-corrected chi connectivity index (χ1v) is 7.56. The summed E-state index contributed by atoms with van der Waals surface area (Å²) in [6.45, 7) is 0.687. The van der Waals surface area contributed by atoms with Crippen molar-refractivity contribution in [2.75, 3.05) is 6.61 Å². The van der Waals surface area contributed by atoms with Crippen molar-refractivity contribution in [1.82, 2.24) is 0 Å². The minimum Gasteiger partial charge on any atom is -0.373 e. The smallest absolute Gasteiger partial charge is 0.140 e. The highest BCUT2D eigenvalue weighted by Gasteiger charge is 2.22. The fourth-order valence-corrected chi connectivity index (χ4v) is 3.01. The van der Waals surface area contributed by atoms with Crippen molar-refractivity contribution in [3.63, 3.8) is 0 Å². The van der Waals surface area contributed by atoms with Crippen LogP contribution in [0.2, 0.25) is 5.02 Å². The zero-order valence-corrected chi connectivity index (χ0v) is 12.5. The lowest BCUT2D eigenvalue weighted by atomic mass is 9.93. The molecule has 0 saturated carbocycles. The summed E-state index contributed by atoms with van der Waals surface area (Å²) in [4.78, 5) is 12.3. The van der Waals surface area contributed by atoms with E-state index in [4.69, 9.17) is 16.3 Å². The second-order valence-electron chi connectivity index (χ2n) is 5.36. The predicted octanol–water partition coefficient (Wildman–Crippen LogP) is 4.16. The van der Waals surface area contributed by atoms with Gasteiger partial charge in [0.1, 0.15) is 5.78 Å². The fraction of sp³-hybridized carbons (Fsp3) is 0.278. The summed E-state index contributed by atoms with van der Waals surface area (Å²) in [6.07, 6.45) is 1.64. The molecule has 0 N–H and O–H groups in total. The number of benzene rings is 2. The number of hydrogen-bond donors (Lipinski definition) is 0. The van der Waals surface area contributed by atoms with Crippen molar-refractivity contribution >= 4 is 17.4 Å². The Balaban J connectivity index is 1.68. The van der Waals surface area contributed by atoms with Gasteiger partial charge in [-0.1, -0.05) is 48.0 Å². The molecule has 108 valence electrons. The molecular weight excluding hydrogens is 284 g/mol. The first-order chi connectivity index (χ1) is 10.2. The molecular formula is C18H17ClO2. The Morgan fingerprint density at radius 3 is 2.90 bits per heavy atom. The third kappa shape index (κ3) is 3.52. The van der Waals surface area contributed by atoms with E-state index in [2.05, 4.69) is 12.1 Å². The van der Waals surface area contributed by atoms with Crippen LogP contribution in [0.5, 0.6) is 0 Å². The summed E-state index contributed by atoms with van der Waals surface area (Å²) < 4.78 is 5.79. The van der Waals surface area contributed by atoms with Crippen molar-refractivity contribution in [3.05, 3.63) is 70.2 Å². The van der Waals surface area contributed by atoms with Crippen molar-refractivity contribution in [2.45, 2.75) is 25.4 Å². The lowest BCUT2D eigenvalue weighted by Gasteiger charge is -2.25. The van der Waals surface area contributed by atoms with E-state index in [0.29, 0.717) is 24.5 Å². The zero-order valence-electron chi connectivity index (χ0n) is 11.7. The first kappa shape index (κ1) is 14.3. The van der Waals surface area contributed by atoms with Gasteiger partial charge in [0, 0.05) is 17.9 Å². The van der Waals surface area contributed by atoms with E-state index in [1.54, 1.807) is 0 Å². The van der Waals surface area contributed by atoms with Crippen molar-refractivity contribution in [3.8, 4) is 0 Å². The Bertz CT molecular complexity index is 651. The maximum Gasteiger partial charge on any atom is 0.140 e. The van der Waals surface area contributed by atoms with Gasteiger partial charge in [-0.3, -0.25) is 4.79 Å². The molecule has 2 aromatic carbocycles. The third-order valence-electron chi connectivity index (χ3n) is 3.80. The highest BCUT2D eigenvalue weighted by Crippen LogP contribution is 2.30. The van der Waals surface area contributed by atoms with Crippen LogP contribution < -0.4 is 0 Å². The molecule has 3 rings (SSSR count). The van der Waals surface area contributed by atoms with Crippen LogP contribution in [0.3, 0.4) is 0 Å². The molecule has 2 nitrogen and oxygen atoms in total. The van der Waals surface area contributed by atoms with Gasteiger partial charge >= 0.3 is 0 Å². The van der Waals surface area contributed by atoms with Crippen LogP contribution >= 0.6 is 11.6 Å². The molecule has 21 heavy (non-hydrogen) atoms. The van der Waals surface area contributed by atoms with Gasteiger partial charge in [0.15, 0.2) is 0 Å². The summed E-state index contributed by atoms with van der Waals surface area (Å²) in [5, 5.41) is 0.666. The Kier molecular flexibility index (Phi) is 4.37. The molecule has 0 amide bonds. The van der Waals surface area contributed by atoms with Gasteiger partial charge in [-0.2, -0.15) is 0 Å². The average molecular weight is 301 g/mol. The molecule has 2 aromatic rings. The lowest BCUT2D eigenvalue weighted by molar-refractivity contribution is -0.121. The third-order valence-corrected chi connectivity index (χ3v) is 4.03. The summed E-state index contributed by atoms with van der Waals surface area (Å²) in [6, 6.07) is 15.7. The number of Topliss-reactive ketones (excluding diaryl/α,β-unsaturated/α-hetero) is 1. The number of carbonyl (C=O) groups excluding carboxylic acids is 1. The van der Waals surface area contributed by atoms with Crippen LogP contribution in [-0.2, 0) is 22.4 Å². The van der Waals surface area contributed by atoms with E-state index in [1.165, 1.54) is 5.56 Å². The summed E-state index contributed by atoms with van der Waals surface area (Å²) in [7, 11) is 0. The van der Waals surface area contributed by atoms with Gasteiger partial charge in [0.05, 0.1) is 12.7 Å². The number of carbonyl (C=O) groups is 1. The molecule has 1 aliphatic rings. The molecule has 1 unspecified atom stereocenters. The monoisotopic (exact) mass is 300 g/mol. The fourth-order valence-electron chi connectivity index (χ4n) is 2.80. The molecule has 0 saturated heterocycles. The van der Waals surface area contributed by atoms with Crippen molar-refractivity contribution in [2.24, 2.45) is 0 Å². The number of fused-ring (bicyclic) bond motifs is 1. The molecule has 0 bridgehead atoms. The normalized spacial score (nSPS) is 17.3. The van der Waals surface area contributed by atoms with Crippen LogP contribution in [0.1, 0.15) is 29.2 Å². The van der Waals surface area contributed by atoms with Gasteiger partial charge in [-0.15, -0.1) is 0 Å². The van der Waals surface area contributed by atoms with Gasteiger partial charge in [0.2, 0.25) is 0 Å². The molecule has 0 spiro atoms. The molecule has 1 aliphatic heterocycles. The van der Waals surface area contributed by atoms with E-state index >= 15 is 0 Å². The van der Waals surface area contributed by atoms with Crippen LogP contribution in [0, 0.1) is 0 Å². The Morgan fingerprint density at radius 2 is 2.05 bits per heavy atom. The molecule has 0 aliphatic carbocycles. The molecule has 0 aromatic heterocycles. The van der Waals surface area contributed by atoms with Crippen LogP contribution in [0.25, 0.3) is 0 Å². The number of rotatable bonds is 4. The lowest BCUT2D eigenvalue weighted by Crippen LogP contribution is -2.19. The number of hydrogen-bond acceptors (Lipinski definition) is 2. The maximum absolute atomic E-state index is 12.3. The number of ketones is 1. The highest BCUT2D eigenvalue weighted by atomic mass is 35.5. The molecule has 3 heteroatoms. The number of halogens is 1. The Hall–Kier alpha value is -1.64. The maximum atomic E-state index is 12.3. The van der Waals surface area contributed by atoms with E-state index < -0.39 is 0 Å². The zero-order chi connectivity index (χ0) is 14.7. The molecule has 0 fully saturated rings. The van der Waals surface area contributed by atoms with Crippen LogP contribution in [-0.4, -0.2) is 12.4 Å². The van der Waals surface area contributed by atoms with E-state index in [0.717, 1.165) is 17.5 Å². The minimum atomic E-state index is -0.110. The predicted molar refractivity (Wildman–Crippen MR) is 83.6 cm³/mol. The van der Waals surface area contributed by atoms with E-state index in [-0.39, 0.29) is 11.9 Å². The Labute approximate surface area is 129 Å². The SMILES string of the molecule is O=C(Cc1cccc(Cl)c1)CC1OCCc2ccccc21. The second-order valence-corrected chi connectivity index (χ2v) is 5.79. The van der Waals surface area contributed by atoms with E-state index in [1.807, 2.05) is 36.4 Å². The molecule has 0 radical (unpaired) electrons. The standard InChI is InChI=1S/C18H17ClO2/c19-15-6-3-4-13(10-15)11-16(20)12-18-17-7-2-1-5-14(17)8-9-21-18/h1-7,10,18H,8-9,11-12H2. The first-order valence-electron chi connectivity index (χ1n) is 7.18. The summed E-state index contributed by atoms with van der Waals surface area (Å²) in [5.41, 5.74) is 3.41. The minimum absolute atomic E-state index is 0.110. The quantitative estimate of drug-likeness (QED) is 0.847.